The van der Waals surface area contributed by atoms with Gasteiger partial charge in [-0.15, -0.1) is 0 Å². The third-order valence-corrected chi connectivity index (χ3v) is 2.81. The predicted octanol–water partition coefficient (Wildman–Crippen LogP) is 0.165. The Labute approximate surface area is 102 Å². The molecule has 0 amide bonds. The molecular weight excluding hydrogens is 236 g/mol. The molecule has 1 N–H and O–H groups in total. The summed E-state index contributed by atoms with van der Waals surface area (Å²) in [5.41, 5.74) is -0.0709. The molecule has 2 aromatic heterocycles. The zero-order valence-electron chi connectivity index (χ0n) is 9.84. The van der Waals surface area contributed by atoms with Crippen molar-refractivity contribution in [3.8, 4) is 6.07 Å². The molecule has 18 heavy (non-hydrogen) atoms. The van der Waals surface area contributed by atoms with Crippen molar-refractivity contribution in [1.82, 2.24) is 14.2 Å². The quantitative estimate of drug-likeness (QED) is 0.813. The Balaban J connectivity index is 3.09. The number of hydrogen-bond acceptors (Lipinski definition) is 4. The van der Waals surface area contributed by atoms with Crippen molar-refractivity contribution >= 4 is 11.6 Å². The molecule has 0 spiro atoms. The van der Waals surface area contributed by atoms with E-state index >= 15 is 0 Å². The van der Waals surface area contributed by atoms with Crippen LogP contribution in [0.15, 0.2) is 11.0 Å². The molecule has 0 atom stereocenters. The molecule has 0 aliphatic carbocycles. The Hall–Kier alpha value is -2.62. The van der Waals surface area contributed by atoms with Gasteiger partial charge in [0.1, 0.15) is 17.3 Å². The zero-order chi connectivity index (χ0) is 13.4. The minimum absolute atomic E-state index is 0.105. The van der Waals surface area contributed by atoms with Crippen LogP contribution in [0.2, 0.25) is 0 Å². The lowest BCUT2D eigenvalue weighted by Crippen LogP contribution is -2.28. The smallest absolute Gasteiger partial charge is 0.353 e. The van der Waals surface area contributed by atoms with Crippen LogP contribution in [0.4, 0.5) is 0 Å². The van der Waals surface area contributed by atoms with E-state index in [2.05, 4.69) is 5.10 Å². The average Bonchev–Trinajstić information content (AvgIpc) is 2.76. The van der Waals surface area contributed by atoms with Gasteiger partial charge in [0.25, 0.3) is 5.56 Å². The second-order valence-electron chi connectivity index (χ2n) is 3.76. The van der Waals surface area contributed by atoms with Gasteiger partial charge in [-0.1, -0.05) is 6.92 Å². The van der Waals surface area contributed by atoms with Crippen LogP contribution in [0.5, 0.6) is 0 Å². The molecule has 0 aromatic carbocycles. The monoisotopic (exact) mass is 246 g/mol. The summed E-state index contributed by atoms with van der Waals surface area (Å²) in [5.74, 6) is -1.20. The first-order valence-corrected chi connectivity index (χ1v) is 5.25. The second-order valence-corrected chi connectivity index (χ2v) is 3.76. The molecule has 0 bridgehead atoms. The van der Waals surface area contributed by atoms with Gasteiger partial charge in [0, 0.05) is 7.05 Å². The van der Waals surface area contributed by atoms with E-state index in [1.807, 2.05) is 6.07 Å². The molecule has 0 saturated carbocycles. The standard InChI is InChI=1S/C11H10N4O3/c1-3-7-8(11(17)18)14(2)9-6(4-12)5-13-15(9)10(7)16/h5H,3H2,1-2H3,(H,17,18). The first-order chi connectivity index (χ1) is 8.52. The summed E-state index contributed by atoms with van der Waals surface area (Å²) in [6.45, 7) is 1.70. The maximum absolute atomic E-state index is 12.1. The fourth-order valence-electron chi connectivity index (χ4n) is 2.02. The van der Waals surface area contributed by atoms with E-state index in [1.54, 1.807) is 6.92 Å². The Morgan fingerprint density at radius 2 is 2.28 bits per heavy atom. The number of aryl methyl sites for hydroxylation is 1. The van der Waals surface area contributed by atoms with Crippen molar-refractivity contribution in [2.75, 3.05) is 0 Å². The Kier molecular flexibility index (Phi) is 2.63. The van der Waals surface area contributed by atoms with Crippen LogP contribution in [-0.2, 0) is 13.5 Å². The minimum Gasteiger partial charge on any atom is -0.477 e. The van der Waals surface area contributed by atoms with Gasteiger partial charge in [-0.2, -0.15) is 14.9 Å². The van der Waals surface area contributed by atoms with Gasteiger partial charge in [0.05, 0.1) is 11.8 Å². The highest BCUT2D eigenvalue weighted by Gasteiger charge is 2.21. The molecule has 2 rings (SSSR count). The van der Waals surface area contributed by atoms with E-state index in [-0.39, 0.29) is 28.9 Å². The van der Waals surface area contributed by atoms with E-state index < -0.39 is 11.5 Å². The maximum Gasteiger partial charge on any atom is 0.353 e. The van der Waals surface area contributed by atoms with Crippen molar-refractivity contribution in [1.29, 1.82) is 5.26 Å². The van der Waals surface area contributed by atoms with Gasteiger partial charge in [-0.25, -0.2) is 4.79 Å². The molecule has 7 nitrogen and oxygen atoms in total. The van der Waals surface area contributed by atoms with Crippen LogP contribution in [0.3, 0.4) is 0 Å². The summed E-state index contributed by atoms with van der Waals surface area (Å²) in [5, 5.41) is 21.9. The van der Waals surface area contributed by atoms with E-state index in [0.29, 0.717) is 0 Å². The molecule has 0 unspecified atom stereocenters. The first kappa shape index (κ1) is 11.9. The van der Waals surface area contributed by atoms with Gasteiger partial charge in [0.15, 0.2) is 5.65 Å². The number of fused-ring (bicyclic) bond motifs is 1. The van der Waals surface area contributed by atoms with Crippen LogP contribution >= 0.6 is 0 Å². The van der Waals surface area contributed by atoms with E-state index in [9.17, 15) is 14.7 Å². The summed E-state index contributed by atoms with van der Waals surface area (Å²) >= 11 is 0. The van der Waals surface area contributed by atoms with Gasteiger partial charge in [-0.05, 0) is 6.42 Å². The van der Waals surface area contributed by atoms with Crippen LogP contribution in [0.1, 0.15) is 28.5 Å². The van der Waals surface area contributed by atoms with Crippen molar-refractivity contribution in [2.24, 2.45) is 7.05 Å². The number of nitrogens with zero attached hydrogens (tertiary/aromatic N) is 4. The number of carboxylic acids is 1. The third kappa shape index (κ3) is 1.39. The van der Waals surface area contributed by atoms with Gasteiger partial charge >= 0.3 is 5.97 Å². The summed E-state index contributed by atoms with van der Waals surface area (Å²) in [4.78, 5) is 23.3. The highest BCUT2D eigenvalue weighted by molar-refractivity contribution is 5.88. The third-order valence-electron chi connectivity index (χ3n) is 2.81. The zero-order valence-corrected chi connectivity index (χ0v) is 9.84. The Morgan fingerprint density at radius 1 is 1.61 bits per heavy atom. The van der Waals surface area contributed by atoms with Crippen molar-refractivity contribution < 1.29 is 9.90 Å². The number of hydrogen-bond donors (Lipinski definition) is 1. The molecule has 0 radical (unpaired) electrons. The lowest BCUT2D eigenvalue weighted by Gasteiger charge is -2.11. The normalized spacial score (nSPS) is 10.5. The van der Waals surface area contributed by atoms with Gasteiger partial charge < -0.3 is 9.67 Å². The number of rotatable bonds is 2. The Morgan fingerprint density at radius 3 is 2.78 bits per heavy atom. The average molecular weight is 246 g/mol. The fraction of sp³-hybridized carbons (Fsp3) is 0.273. The summed E-state index contributed by atoms with van der Waals surface area (Å²) in [6.07, 6.45) is 1.54. The molecule has 92 valence electrons. The van der Waals surface area contributed by atoms with Gasteiger partial charge in [0.2, 0.25) is 0 Å². The molecule has 0 aliphatic rings. The molecule has 0 saturated heterocycles. The van der Waals surface area contributed by atoms with Crippen LogP contribution in [0, 0.1) is 11.3 Å². The minimum atomic E-state index is -1.20. The number of carbonyl (C=O) groups is 1. The molecule has 2 heterocycles. The summed E-state index contributed by atoms with van der Waals surface area (Å²) < 4.78 is 2.37. The van der Waals surface area contributed by atoms with Crippen molar-refractivity contribution in [3.05, 3.63) is 33.4 Å². The fourth-order valence-corrected chi connectivity index (χ4v) is 2.02. The number of aromatic nitrogens is 3. The summed E-state index contributed by atoms with van der Waals surface area (Å²) in [6, 6.07) is 1.89. The topological polar surface area (TPSA) is 100 Å². The molecule has 2 aromatic rings. The van der Waals surface area contributed by atoms with E-state index in [1.165, 1.54) is 17.8 Å². The Bertz CT molecular complexity index is 748. The first-order valence-electron chi connectivity index (χ1n) is 5.25. The maximum atomic E-state index is 12.1. The van der Waals surface area contributed by atoms with Crippen LogP contribution in [0.25, 0.3) is 5.65 Å². The van der Waals surface area contributed by atoms with Gasteiger partial charge in [-0.3, -0.25) is 4.79 Å². The summed E-state index contributed by atoms with van der Waals surface area (Å²) in [7, 11) is 1.50. The lowest BCUT2D eigenvalue weighted by molar-refractivity contribution is 0.0684. The molecule has 0 aliphatic heterocycles. The number of carboxylic acid groups (broad SMARTS) is 1. The lowest BCUT2D eigenvalue weighted by atomic mass is 10.1. The number of aromatic carboxylic acids is 1. The number of nitriles is 1. The second kappa shape index (κ2) is 4.00. The van der Waals surface area contributed by atoms with Crippen LogP contribution < -0.4 is 5.56 Å². The SMILES string of the molecule is CCc1c(C(=O)O)n(C)c2c(C#N)cnn2c1=O. The largest absolute Gasteiger partial charge is 0.477 e. The molecule has 0 fully saturated rings. The van der Waals surface area contributed by atoms with E-state index in [4.69, 9.17) is 5.26 Å². The molecular formula is C11H10N4O3. The highest BCUT2D eigenvalue weighted by atomic mass is 16.4. The van der Waals surface area contributed by atoms with E-state index in [0.717, 1.165) is 4.52 Å². The van der Waals surface area contributed by atoms with Crippen LogP contribution in [-0.4, -0.2) is 25.3 Å². The predicted molar refractivity (Wildman–Crippen MR) is 61.5 cm³/mol. The highest BCUT2D eigenvalue weighted by Crippen LogP contribution is 2.13. The van der Waals surface area contributed by atoms with Crippen molar-refractivity contribution in [3.63, 3.8) is 0 Å². The molecule has 7 heteroatoms. The van der Waals surface area contributed by atoms with Crippen molar-refractivity contribution in [2.45, 2.75) is 13.3 Å².